The molecule has 4 nitrogen and oxygen atoms in total. The van der Waals surface area contributed by atoms with Gasteiger partial charge in [-0.25, -0.2) is 0 Å². The number of hydrogen-bond donors (Lipinski definition) is 1. The maximum atomic E-state index is 12.4. The van der Waals surface area contributed by atoms with Gasteiger partial charge in [0.1, 0.15) is 5.75 Å². The molecule has 2 N–H and O–H groups in total. The smallest absolute Gasteiger partial charge is 0.257 e. The Balaban J connectivity index is 2.18. The number of amides is 1. The topological polar surface area (TPSA) is 55.6 Å². The van der Waals surface area contributed by atoms with Crippen LogP contribution < -0.4 is 10.5 Å². The van der Waals surface area contributed by atoms with Crippen molar-refractivity contribution in [2.75, 3.05) is 19.9 Å². The zero-order chi connectivity index (χ0) is 14.5. The number of hydrogen-bond acceptors (Lipinski definition) is 3. The Hall–Kier alpha value is -2.49. The van der Waals surface area contributed by atoms with Gasteiger partial charge < -0.3 is 15.4 Å². The van der Waals surface area contributed by atoms with Crippen molar-refractivity contribution in [2.45, 2.75) is 6.54 Å². The Labute approximate surface area is 118 Å². The molecule has 4 heteroatoms. The first-order chi connectivity index (χ1) is 9.61. The van der Waals surface area contributed by atoms with Crippen LogP contribution in [0, 0.1) is 0 Å². The second-order valence-corrected chi connectivity index (χ2v) is 4.61. The standard InChI is InChI=1S/C16H18N2O2/c1-18(11-12-6-4-3-5-7-12)16(19)14-9-8-13(17)10-15(14)20-2/h3-10H,11,17H2,1-2H3. The van der Waals surface area contributed by atoms with Crippen LogP contribution in [0.4, 0.5) is 5.69 Å². The lowest BCUT2D eigenvalue weighted by Gasteiger charge is -2.19. The third-order valence-electron chi connectivity index (χ3n) is 3.07. The SMILES string of the molecule is COc1cc(N)ccc1C(=O)N(C)Cc1ccccc1. The molecule has 0 aliphatic carbocycles. The lowest BCUT2D eigenvalue weighted by Crippen LogP contribution is -2.26. The Bertz CT molecular complexity index is 597. The fraction of sp³-hybridized carbons (Fsp3) is 0.188. The van der Waals surface area contributed by atoms with Crippen LogP contribution in [0.1, 0.15) is 15.9 Å². The van der Waals surface area contributed by atoms with Gasteiger partial charge in [0.15, 0.2) is 0 Å². The first-order valence-corrected chi connectivity index (χ1v) is 6.34. The number of anilines is 1. The molecule has 0 unspecified atom stereocenters. The van der Waals surface area contributed by atoms with Crippen molar-refractivity contribution in [3.63, 3.8) is 0 Å². The van der Waals surface area contributed by atoms with Gasteiger partial charge in [0.2, 0.25) is 0 Å². The Kier molecular flexibility index (Phi) is 4.25. The summed E-state index contributed by atoms with van der Waals surface area (Å²) in [7, 11) is 3.30. The monoisotopic (exact) mass is 270 g/mol. The summed E-state index contributed by atoms with van der Waals surface area (Å²) in [6, 6.07) is 14.9. The second-order valence-electron chi connectivity index (χ2n) is 4.61. The van der Waals surface area contributed by atoms with Crippen molar-refractivity contribution in [3.8, 4) is 5.75 Å². The number of carbonyl (C=O) groups is 1. The third kappa shape index (κ3) is 3.09. The van der Waals surface area contributed by atoms with Gasteiger partial charge >= 0.3 is 0 Å². The van der Waals surface area contributed by atoms with Gasteiger partial charge in [-0.2, -0.15) is 0 Å². The van der Waals surface area contributed by atoms with E-state index in [1.807, 2.05) is 30.3 Å². The molecule has 0 spiro atoms. The molecule has 20 heavy (non-hydrogen) atoms. The van der Waals surface area contributed by atoms with Crippen LogP contribution in [0.15, 0.2) is 48.5 Å². The van der Waals surface area contributed by atoms with E-state index in [0.29, 0.717) is 23.5 Å². The molecule has 0 radical (unpaired) electrons. The second kappa shape index (κ2) is 6.10. The van der Waals surface area contributed by atoms with Crippen LogP contribution in [0.3, 0.4) is 0 Å². The molecule has 0 aromatic heterocycles. The van der Waals surface area contributed by atoms with Crippen LogP contribution in [0.5, 0.6) is 5.75 Å². The van der Waals surface area contributed by atoms with E-state index in [4.69, 9.17) is 10.5 Å². The third-order valence-corrected chi connectivity index (χ3v) is 3.07. The zero-order valence-corrected chi connectivity index (χ0v) is 11.7. The molecule has 0 bridgehead atoms. The number of carbonyl (C=O) groups excluding carboxylic acids is 1. The zero-order valence-electron chi connectivity index (χ0n) is 11.7. The molecule has 0 atom stereocenters. The van der Waals surface area contributed by atoms with E-state index in [1.165, 1.54) is 7.11 Å². The average Bonchev–Trinajstić information content (AvgIpc) is 2.47. The summed E-state index contributed by atoms with van der Waals surface area (Å²) in [5.74, 6) is 0.403. The predicted molar refractivity (Wildman–Crippen MR) is 79.6 cm³/mol. The van der Waals surface area contributed by atoms with Gasteiger partial charge in [-0.05, 0) is 17.7 Å². The van der Waals surface area contributed by atoms with E-state index in [0.717, 1.165) is 5.56 Å². The molecule has 2 rings (SSSR count). The van der Waals surface area contributed by atoms with Gasteiger partial charge in [-0.15, -0.1) is 0 Å². The van der Waals surface area contributed by atoms with E-state index < -0.39 is 0 Å². The molecule has 1 amide bonds. The van der Waals surface area contributed by atoms with Crippen molar-refractivity contribution in [2.24, 2.45) is 0 Å². The number of rotatable bonds is 4. The molecule has 2 aromatic carbocycles. The predicted octanol–water partition coefficient (Wildman–Crippen LogP) is 2.55. The van der Waals surface area contributed by atoms with Crippen molar-refractivity contribution >= 4 is 11.6 Å². The lowest BCUT2D eigenvalue weighted by atomic mass is 10.1. The van der Waals surface area contributed by atoms with Crippen molar-refractivity contribution in [1.29, 1.82) is 0 Å². The van der Waals surface area contributed by atoms with Crippen molar-refractivity contribution in [3.05, 3.63) is 59.7 Å². The average molecular weight is 270 g/mol. The Morgan fingerprint density at radius 3 is 2.55 bits per heavy atom. The van der Waals surface area contributed by atoms with Crippen molar-refractivity contribution < 1.29 is 9.53 Å². The van der Waals surface area contributed by atoms with E-state index in [2.05, 4.69) is 0 Å². The summed E-state index contributed by atoms with van der Waals surface area (Å²) < 4.78 is 5.22. The number of benzene rings is 2. The molecular weight excluding hydrogens is 252 g/mol. The van der Waals surface area contributed by atoms with Gasteiger partial charge in [0.25, 0.3) is 5.91 Å². The maximum absolute atomic E-state index is 12.4. The Morgan fingerprint density at radius 1 is 1.20 bits per heavy atom. The minimum Gasteiger partial charge on any atom is -0.496 e. The first kappa shape index (κ1) is 13.9. The van der Waals surface area contributed by atoms with Crippen molar-refractivity contribution in [1.82, 2.24) is 4.90 Å². The molecule has 0 saturated carbocycles. The van der Waals surface area contributed by atoms with E-state index >= 15 is 0 Å². The number of nitrogens with zero attached hydrogens (tertiary/aromatic N) is 1. The fourth-order valence-corrected chi connectivity index (χ4v) is 2.02. The highest BCUT2D eigenvalue weighted by molar-refractivity contribution is 5.97. The largest absolute Gasteiger partial charge is 0.496 e. The summed E-state index contributed by atoms with van der Waals surface area (Å²) >= 11 is 0. The molecule has 104 valence electrons. The number of nitrogen functional groups attached to an aromatic ring is 1. The molecule has 0 aliphatic rings. The van der Waals surface area contributed by atoms with Crippen LogP contribution in [0.2, 0.25) is 0 Å². The molecule has 0 heterocycles. The highest BCUT2D eigenvalue weighted by Crippen LogP contribution is 2.23. The first-order valence-electron chi connectivity index (χ1n) is 6.34. The van der Waals surface area contributed by atoms with Crippen LogP contribution in [-0.2, 0) is 6.54 Å². The van der Waals surface area contributed by atoms with Gasteiger partial charge in [0, 0.05) is 25.3 Å². The van der Waals surface area contributed by atoms with Crippen LogP contribution in [-0.4, -0.2) is 25.0 Å². The molecule has 0 saturated heterocycles. The normalized spacial score (nSPS) is 10.1. The highest BCUT2D eigenvalue weighted by atomic mass is 16.5. The van der Waals surface area contributed by atoms with E-state index in [9.17, 15) is 4.79 Å². The minimum atomic E-state index is -0.0919. The summed E-state index contributed by atoms with van der Waals surface area (Å²) in [4.78, 5) is 14.1. The van der Waals surface area contributed by atoms with E-state index in [-0.39, 0.29) is 5.91 Å². The summed E-state index contributed by atoms with van der Waals surface area (Å²) in [5, 5.41) is 0. The van der Waals surface area contributed by atoms with E-state index in [1.54, 1.807) is 30.1 Å². The fourth-order valence-electron chi connectivity index (χ4n) is 2.02. The maximum Gasteiger partial charge on any atom is 0.257 e. The van der Waals surface area contributed by atoms with Gasteiger partial charge in [0.05, 0.1) is 12.7 Å². The van der Waals surface area contributed by atoms with Gasteiger partial charge in [-0.1, -0.05) is 30.3 Å². The molecule has 0 fully saturated rings. The summed E-state index contributed by atoms with van der Waals surface area (Å²) in [6.07, 6.45) is 0. The van der Waals surface area contributed by atoms with Gasteiger partial charge in [-0.3, -0.25) is 4.79 Å². The number of methoxy groups -OCH3 is 1. The summed E-state index contributed by atoms with van der Waals surface area (Å²) in [6.45, 7) is 0.549. The summed E-state index contributed by atoms with van der Waals surface area (Å²) in [5.41, 5.74) is 7.87. The molecule has 0 aliphatic heterocycles. The quantitative estimate of drug-likeness (QED) is 0.869. The molecular formula is C16H18N2O2. The lowest BCUT2D eigenvalue weighted by molar-refractivity contribution is 0.0782. The van der Waals surface area contributed by atoms with Crippen LogP contribution in [0.25, 0.3) is 0 Å². The minimum absolute atomic E-state index is 0.0919. The Morgan fingerprint density at radius 2 is 1.90 bits per heavy atom. The highest BCUT2D eigenvalue weighted by Gasteiger charge is 2.16. The number of nitrogens with two attached hydrogens (primary N) is 1. The van der Waals surface area contributed by atoms with Crippen LogP contribution >= 0.6 is 0 Å². The number of ether oxygens (including phenoxy) is 1. The molecule has 2 aromatic rings.